The van der Waals surface area contributed by atoms with Crippen molar-refractivity contribution < 1.29 is 0 Å². The fourth-order valence-corrected chi connectivity index (χ4v) is 3.11. The van der Waals surface area contributed by atoms with Crippen LogP contribution in [0, 0.1) is 5.92 Å². The van der Waals surface area contributed by atoms with E-state index in [1.54, 1.807) is 0 Å². The Morgan fingerprint density at radius 2 is 1.94 bits per heavy atom. The minimum absolute atomic E-state index is 0.617. The van der Waals surface area contributed by atoms with Crippen molar-refractivity contribution in [3.63, 3.8) is 0 Å². The molecule has 1 fully saturated rings. The van der Waals surface area contributed by atoms with Gasteiger partial charge in [-0.2, -0.15) is 0 Å². The van der Waals surface area contributed by atoms with Crippen molar-refractivity contribution in [1.82, 2.24) is 0 Å². The fraction of sp³-hybridized carbons (Fsp3) is 0.600. The van der Waals surface area contributed by atoms with Crippen molar-refractivity contribution in [2.75, 3.05) is 24.3 Å². The van der Waals surface area contributed by atoms with Crippen LogP contribution >= 0.6 is 15.9 Å². The summed E-state index contributed by atoms with van der Waals surface area (Å²) in [5.41, 5.74) is 2.50. The number of hydrogen-bond acceptors (Lipinski definition) is 2. The Hall–Kier alpha value is -0.700. The zero-order valence-corrected chi connectivity index (χ0v) is 13.1. The molecule has 0 aromatic heterocycles. The lowest BCUT2D eigenvalue weighted by Crippen LogP contribution is -2.31. The second kappa shape index (κ2) is 5.96. The Kier molecular flexibility index (Phi) is 4.55. The first kappa shape index (κ1) is 13.7. The largest absolute Gasteiger partial charge is 0.380 e. The molecule has 1 saturated carbocycles. The van der Waals surface area contributed by atoms with Gasteiger partial charge in [0, 0.05) is 24.6 Å². The monoisotopic (exact) mass is 310 g/mol. The molecule has 2 unspecified atom stereocenters. The molecular formula is C15H23BrN2. The quantitative estimate of drug-likeness (QED) is 0.884. The molecule has 1 aromatic rings. The molecule has 18 heavy (non-hydrogen) atoms. The summed E-state index contributed by atoms with van der Waals surface area (Å²) in [5, 5.41) is 3.75. The van der Waals surface area contributed by atoms with E-state index in [4.69, 9.17) is 0 Å². The molecule has 2 atom stereocenters. The zero-order chi connectivity index (χ0) is 13.1. The van der Waals surface area contributed by atoms with E-state index in [1.165, 1.54) is 37.1 Å². The Labute approximate surface area is 119 Å². The molecule has 2 rings (SSSR count). The molecule has 3 heteroatoms. The second-order valence-electron chi connectivity index (χ2n) is 5.57. The van der Waals surface area contributed by atoms with Crippen molar-refractivity contribution >= 4 is 27.3 Å². The summed E-state index contributed by atoms with van der Waals surface area (Å²) in [6.45, 7) is 2.37. The first-order chi connectivity index (χ1) is 8.58. The van der Waals surface area contributed by atoms with Gasteiger partial charge in [-0.25, -0.2) is 0 Å². The number of anilines is 2. The van der Waals surface area contributed by atoms with Gasteiger partial charge in [0.05, 0.1) is 11.4 Å². The van der Waals surface area contributed by atoms with Crippen LogP contribution in [0.25, 0.3) is 0 Å². The predicted octanol–water partition coefficient (Wildman–Crippen LogP) is 4.51. The van der Waals surface area contributed by atoms with Crippen molar-refractivity contribution in [3.05, 3.63) is 22.7 Å². The van der Waals surface area contributed by atoms with Gasteiger partial charge >= 0.3 is 0 Å². The molecular weight excluding hydrogens is 288 g/mol. The molecule has 0 heterocycles. The zero-order valence-electron chi connectivity index (χ0n) is 11.5. The van der Waals surface area contributed by atoms with E-state index < -0.39 is 0 Å². The average molecular weight is 311 g/mol. The summed E-state index contributed by atoms with van der Waals surface area (Å²) in [7, 11) is 4.19. The fourth-order valence-electron chi connectivity index (χ4n) is 2.74. The number of nitrogens with one attached hydrogen (secondary N) is 1. The van der Waals surface area contributed by atoms with Crippen molar-refractivity contribution in [2.24, 2.45) is 5.92 Å². The molecule has 0 amide bonds. The molecule has 1 aromatic carbocycles. The van der Waals surface area contributed by atoms with Crippen LogP contribution in [0.5, 0.6) is 0 Å². The maximum absolute atomic E-state index is 3.75. The first-order valence-corrected chi connectivity index (χ1v) is 7.60. The van der Waals surface area contributed by atoms with Gasteiger partial charge in [0.2, 0.25) is 0 Å². The van der Waals surface area contributed by atoms with Crippen molar-refractivity contribution in [3.8, 4) is 0 Å². The molecule has 100 valence electrons. The van der Waals surface area contributed by atoms with Gasteiger partial charge in [-0.15, -0.1) is 0 Å². The third kappa shape index (κ3) is 3.19. The standard InChI is InChI=1S/C15H23BrN2/c1-11-6-4-5-7-13(11)17-14-10-12(16)8-9-15(14)18(2)3/h8-11,13,17H,4-7H2,1-3H3. The number of benzene rings is 1. The molecule has 0 bridgehead atoms. The third-order valence-corrected chi connectivity index (χ3v) is 4.39. The van der Waals surface area contributed by atoms with Crippen LogP contribution in [0.2, 0.25) is 0 Å². The van der Waals surface area contributed by atoms with Crippen LogP contribution < -0.4 is 10.2 Å². The van der Waals surface area contributed by atoms with Crippen LogP contribution in [-0.4, -0.2) is 20.1 Å². The van der Waals surface area contributed by atoms with E-state index >= 15 is 0 Å². The van der Waals surface area contributed by atoms with E-state index in [-0.39, 0.29) is 0 Å². The highest BCUT2D eigenvalue weighted by molar-refractivity contribution is 9.10. The summed E-state index contributed by atoms with van der Waals surface area (Å²) in [6, 6.07) is 7.08. The van der Waals surface area contributed by atoms with Gasteiger partial charge in [0.1, 0.15) is 0 Å². The lowest BCUT2D eigenvalue weighted by Gasteiger charge is -2.32. The Morgan fingerprint density at radius 1 is 1.22 bits per heavy atom. The van der Waals surface area contributed by atoms with Crippen LogP contribution in [0.15, 0.2) is 22.7 Å². The molecule has 0 spiro atoms. The molecule has 0 aliphatic heterocycles. The summed E-state index contributed by atoms with van der Waals surface area (Å²) >= 11 is 3.57. The smallest absolute Gasteiger partial charge is 0.0597 e. The SMILES string of the molecule is CC1CCCCC1Nc1cc(Br)ccc1N(C)C. The molecule has 0 saturated heterocycles. The van der Waals surface area contributed by atoms with E-state index in [1.807, 2.05) is 0 Å². The Bertz CT molecular complexity index is 403. The summed E-state index contributed by atoms with van der Waals surface area (Å²) < 4.78 is 1.14. The highest BCUT2D eigenvalue weighted by atomic mass is 79.9. The lowest BCUT2D eigenvalue weighted by molar-refractivity contribution is 0.349. The van der Waals surface area contributed by atoms with Crippen LogP contribution in [0.3, 0.4) is 0 Å². The van der Waals surface area contributed by atoms with Crippen molar-refractivity contribution in [1.29, 1.82) is 0 Å². The van der Waals surface area contributed by atoms with Gasteiger partial charge in [0.25, 0.3) is 0 Å². The Morgan fingerprint density at radius 3 is 2.61 bits per heavy atom. The van der Waals surface area contributed by atoms with Gasteiger partial charge in [-0.1, -0.05) is 35.7 Å². The summed E-state index contributed by atoms with van der Waals surface area (Å²) in [4.78, 5) is 2.17. The van der Waals surface area contributed by atoms with Gasteiger partial charge < -0.3 is 10.2 Å². The topological polar surface area (TPSA) is 15.3 Å². The number of nitrogens with zero attached hydrogens (tertiary/aromatic N) is 1. The number of hydrogen-bond donors (Lipinski definition) is 1. The molecule has 1 aliphatic rings. The van der Waals surface area contributed by atoms with Gasteiger partial charge in [-0.05, 0) is 37.0 Å². The normalized spacial score (nSPS) is 23.8. The highest BCUT2D eigenvalue weighted by Gasteiger charge is 2.22. The van der Waals surface area contributed by atoms with E-state index in [0.29, 0.717) is 6.04 Å². The maximum atomic E-state index is 3.75. The van der Waals surface area contributed by atoms with E-state index in [2.05, 4.69) is 65.4 Å². The third-order valence-electron chi connectivity index (χ3n) is 3.89. The minimum Gasteiger partial charge on any atom is -0.380 e. The summed E-state index contributed by atoms with van der Waals surface area (Å²) in [6.07, 6.45) is 5.38. The average Bonchev–Trinajstić information content (AvgIpc) is 2.32. The highest BCUT2D eigenvalue weighted by Crippen LogP contribution is 2.32. The minimum atomic E-state index is 0.617. The van der Waals surface area contributed by atoms with Crippen LogP contribution in [0.4, 0.5) is 11.4 Å². The molecule has 1 aliphatic carbocycles. The number of rotatable bonds is 3. The van der Waals surface area contributed by atoms with E-state index in [9.17, 15) is 0 Å². The van der Waals surface area contributed by atoms with E-state index in [0.717, 1.165) is 10.4 Å². The predicted molar refractivity (Wildman–Crippen MR) is 83.5 cm³/mol. The molecule has 2 nitrogen and oxygen atoms in total. The Balaban J connectivity index is 2.18. The maximum Gasteiger partial charge on any atom is 0.0597 e. The molecule has 1 N–H and O–H groups in total. The second-order valence-corrected chi connectivity index (χ2v) is 6.48. The summed E-state index contributed by atoms with van der Waals surface area (Å²) in [5.74, 6) is 0.771. The number of halogens is 1. The van der Waals surface area contributed by atoms with Crippen LogP contribution in [-0.2, 0) is 0 Å². The van der Waals surface area contributed by atoms with Crippen LogP contribution in [0.1, 0.15) is 32.6 Å². The van der Waals surface area contributed by atoms with Gasteiger partial charge in [-0.3, -0.25) is 0 Å². The van der Waals surface area contributed by atoms with Gasteiger partial charge in [0.15, 0.2) is 0 Å². The van der Waals surface area contributed by atoms with Crippen molar-refractivity contribution in [2.45, 2.75) is 38.6 Å². The molecule has 0 radical (unpaired) electrons. The lowest BCUT2D eigenvalue weighted by atomic mass is 9.86. The first-order valence-electron chi connectivity index (χ1n) is 6.81.